The van der Waals surface area contributed by atoms with Crippen molar-refractivity contribution in [2.75, 3.05) is 6.54 Å². The SMILES string of the molecule is CC(C)N1C(=O)C(=O)N(CCC(F)(F)C(F)(F)C(F)(F)C(F)(F)F)C1=S. The minimum Gasteiger partial charge on any atom is -0.280 e. The molecule has 14 heteroatoms. The maximum atomic E-state index is 13.5. The Hall–Kier alpha value is -1.60. The zero-order valence-electron chi connectivity index (χ0n) is 13.0. The molecule has 1 saturated heterocycles. The van der Waals surface area contributed by atoms with Crippen LogP contribution < -0.4 is 0 Å². The third-order valence-corrected chi connectivity index (χ3v) is 3.88. The van der Waals surface area contributed by atoms with Gasteiger partial charge in [0.25, 0.3) is 0 Å². The number of carbonyl (C=O) groups excluding carboxylic acids is 2. The normalized spacial score (nSPS) is 17.8. The second kappa shape index (κ2) is 6.53. The van der Waals surface area contributed by atoms with Gasteiger partial charge in [0, 0.05) is 19.0 Å². The number of carbonyl (C=O) groups is 2. The monoisotopic (exact) mass is 418 g/mol. The van der Waals surface area contributed by atoms with E-state index in [2.05, 4.69) is 12.2 Å². The number of nitrogens with zero attached hydrogens (tertiary/aromatic N) is 2. The minimum atomic E-state index is -7.02. The van der Waals surface area contributed by atoms with Gasteiger partial charge < -0.3 is 0 Å². The highest BCUT2D eigenvalue weighted by atomic mass is 32.1. The molecule has 1 rings (SSSR count). The summed E-state index contributed by atoms with van der Waals surface area (Å²) in [7, 11) is 0. The lowest BCUT2D eigenvalue weighted by Crippen LogP contribution is -2.61. The van der Waals surface area contributed by atoms with Crippen molar-refractivity contribution in [3.05, 3.63) is 0 Å². The van der Waals surface area contributed by atoms with Gasteiger partial charge in [0.05, 0.1) is 0 Å². The summed E-state index contributed by atoms with van der Waals surface area (Å²) in [6.45, 7) is 1.31. The maximum absolute atomic E-state index is 13.5. The quantitative estimate of drug-likeness (QED) is 0.378. The second-order valence-electron chi connectivity index (χ2n) is 5.61. The van der Waals surface area contributed by atoms with Crippen LogP contribution in [0.1, 0.15) is 20.3 Å². The van der Waals surface area contributed by atoms with Crippen molar-refractivity contribution in [2.24, 2.45) is 0 Å². The molecule has 2 amide bonds. The van der Waals surface area contributed by atoms with E-state index < -0.39 is 59.9 Å². The van der Waals surface area contributed by atoms with Crippen molar-refractivity contribution >= 4 is 29.1 Å². The van der Waals surface area contributed by atoms with E-state index >= 15 is 0 Å². The molecule has 0 aromatic heterocycles. The van der Waals surface area contributed by atoms with Crippen LogP contribution in [0.4, 0.5) is 39.5 Å². The lowest BCUT2D eigenvalue weighted by atomic mass is 10.0. The van der Waals surface area contributed by atoms with Crippen molar-refractivity contribution in [1.29, 1.82) is 0 Å². The van der Waals surface area contributed by atoms with Crippen molar-refractivity contribution in [3.8, 4) is 0 Å². The van der Waals surface area contributed by atoms with Gasteiger partial charge in [-0.3, -0.25) is 19.4 Å². The molecular weight excluding hydrogens is 407 g/mol. The summed E-state index contributed by atoms with van der Waals surface area (Å²) in [6.07, 6.45) is -9.21. The van der Waals surface area contributed by atoms with Crippen LogP contribution in [0.2, 0.25) is 0 Å². The molecule has 0 spiro atoms. The summed E-state index contributed by atoms with van der Waals surface area (Å²) in [5, 5.41) is -0.642. The summed E-state index contributed by atoms with van der Waals surface area (Å²) in [5.41, 5.74) is 0. The van der Waals surface area contributed by atoms with E-state index in [4.69, 9.17) is 0 Å². The Morgan fingerprint density at radius 3 is 1.69 bits per heavy atom. The molecule has 0 saturated carbocycles. The molecule has 4 nitrogen and oxygen atoms in total. The Labute approximate surface area is 145 Å². The minimum absolute atomic E-state index is 0.146. The van der Waals surface area contributed by atoms with Crippen molar-refractivity contribution in [3.63, 3.8) is 0 Å². The first kappa shape index (κ1) is 22.4. The lowest BCUT2D eigenvalue weighted by Gasteiger charge is -2.34. The highest BCUT2D eigenvalue weighted by Crippen LogP contribution is 2.54. The number of rotatable bonds is 6. The fourth-order valence-electron chi connectivity index (χ4n) is 1.99. The van der Waals surface area contributed by atoms with Gasteiger partial charge in [-0.2, -0.15) is 39.5 Å². The van der Waals surface area contributed by atoms with Gasteiger partial charge in [-0.25, -0.2) is 0 Å². The van der Waals surface area contributed by atoms with Crippen molar-refractivity contribution < 1.29 is 49.1 Å². The summed E-state index contributed by atoms with van der Waals surface area (Å²) >= 11 is 4.66. The van der Waals surface area contributed by atoms with E-state index in [1.807, 2.05) is 0 Å². The molecule has 1 heterocycles. The second-order valence-corrected chi connectivity index (χ2v) is 5.97. The molecule has 26 heavy (non-hydrogen) atoms. The van der Waals surface area contributed by atoms with Gasteiger partial charge in [0.2, 0.25) is 0 Å². The third-order valence-electron chi connectivity index (χ3n) is 3.46. The first-order valence-corrected chi connectivity index (χ1v) is 7.20. The molecule has 0 aromatic carbocycles. The number of hydrogen-bond donors (Lipinski definition) is 0. The zero-order chi connectivity index (χ0) is 20.9. The first-order valence-electron chi connectivity index (χ1n) is 6.79. The lowest BCUT2D eigenvalue weighted by molar-refractivity contribution is -0.396. The number of alkyl halides is 9. The van der Waals surface area contributed by atoms with Crippen LogP contribution in [0, 0.1) is 0 Å². The van der Waals surface area contributed by atoms with Gasteiger partial charge in [0.15, 0.2) is 5.11 Å². The molecule has 1 aliphatic rings. The summed E-state index contributed by atoms with van der Waals surface area (Å²) in [6, 6.07) is -0.708. The number of halogens is 9. The highest BCUT2D eigenvalue weighted by Gasteiger charge is 2.81. The Balaban J connectivity index is 3.03. The van der Waals surface area contributed by atoms with Gasteiger partial charge in [0.1, 0.15) is 0 Å². The van der Waals surface area contributed by atoms with Crippen molar-refractivity contribution in [1.82, 2.24) is 9.80 Å². The Morgan fingerprint density at radius 2 is 1.35 bits per heavy atom. The van der Waals surface area contributed by atoms with Crippen molar-refractivity contribution in [2.45, 2.75) is 50.3 Å². The average Bonchev–Trinajstić information content (AvgIpc) is 2.65. The standard InChI is InChI=1S/C12H11F9N2O2S/c1-5(2)23-7(25)6(24)22(8(23)26)4-3-9(13,14)10(15,16)11(17,18)12(19,20)21/h5H,3-4H2,1-2H3. The molecule has 0 aliphatic carbocycles. The van der Waals surface area contributed by atoms with E-state index in [9.17, 15) is 49.1 Å². The molecule has 150 valence electrons. The van der Waals surface area contributed by atoms with Crippen LogP contribution in [0.5, 0.6) is 0 Å². The predicted octanol–water partition coefficient (Wildman–Crippen LogP) is 3.21. The molecule has 0 bridgehead atoms. The van der Waals surface area contributed by atoms with Crippen LogP contribution >= 0.6 is 12.2 Å². The topological polar surface area (TPSA) is 40.6 Å². The molecule has 1 aliphatic heterocycles. The van der Waals surface area contributed by atoms with E-state index in [-0.39, 0.29) is 4.90 Å². The molecule has 0 unspecified atom stereocenters. The highest BCUT2D eigenvalue weighted by molar-refractivity contribution is 7.80. The molecule has 0 N–H and O–H groups in total. The maximum Gasteiger partial charge on any atom is 0.460 e. The fourth-order valence-corrected chi connectivity index (χ4v) is 2.46. The molecule has 0 aromatic rings. The summed E-state index contributed by atoms with van der Waals surface area (Å²) in [4.78, 5) is 24.1. The average molecular weight is 418 g/mol. The van der Waals surface area contributed by atoms with E-state index in [0.29, 0.717) is 4.90 Å². The van der Waals surface area contributed by atoms with Gasteiger partial charge >= 0.3 is 35.8 Å². The van der Waals surface area contributed by atoms with Crippen LogP contribution in [-0.2, 0) is 9.59 Å². The van der Waals surface area contributed by atoms with Gasteiger partial charge in [-0.1, -0.05) is 0 Å². The first-order chi connectivity index (χ1) is 11.4. The summed E-state index contributed by atoms with van der Waals surface area (Å²) < 4.78 is 115. The van der Waals surface area contributed by atoms with Gasteiger partial charge in [-0.15, -0.1) is 0 Å². The van der Waals surface area contributed by atoms with E-state index in [1.54, 1.807) is 0 Å². The third kappa shape index (κ3) is 3.34. The number of hydrogen-bond acceptors (Lipinski definition) is 3. The van der Waals surface area contributed by atoms with Crippen LogP contribution in [0.15, 0.2) is 0 Å². The molecular formula is C12H11F9N2O2S. The van der Waals surface area contributed by atoms with Crippen LogP contribution in [0.25, 0.3) is 0 Å². The van der Waals surface area contributed by atoms with Crippen LogP contribution in [-0.4, -0.2) is 63.3 Å². The van der Waals surface area contributed by atoms with Gasteiger partial charge in [-0.05, 0) is 26.1 Å². The fraction of sp³-hybridized carbons (Fsp3) is 0.750. The zero-order valence-corrected chi connectivity index (χ0v) is 13.8. The Kier molecular flexibility index (Phi) is 5.64. The van der Waals surface area contributed by atoms with Crippen LogP contribution in [0.3, 0.4) is 0 Å². The molecule has 0 radical (unpaired) electrons. The number of amides is 2. The summed E-state index contributed by atoms with van der Waals surface area (Å²) in [5.74, 6) is -22.4. The van der Waals surface area contributed by atoms with E-state index in [1.165, 1.54) is 13.8 Å². The molecule has 1 fully saturated rings. The smallest absolute Gasteiger partial charge is 0.280 e. The Morgan fingerprint density at radius 1 is 0.885 bits per heavy atom. The largest absolute Gasteiger partial charge is 0.460 e. The number of thiocarbonyl (C=S) groups is 1. The van der Waals surface area contributed by atoms with E-state index in [0.717, 1.165) is 0 Å². The molecule has 0 atom stereocenters. The predicted molar refractivity (Wildman–Crippen MR) is 71.8 cm³/mol. The Bertz CT molecular complexity index is 618.